The van der Waals surface area contributed by atoms with Gasteiger partial charge in [-0.2, -0.15) is 0 Å². The summed E-state index contributed by atoms with van der Waals surface area (Å²) in [7, 11) is 5.89. The predicted octanol–water partition coefficient (Wildman–Crippen LogP) is 4.90. The number of amides is 2. The molecule has 2 amide bonds. The highest BCUT2D eigenvalue weighted by molar-refractivity contribution is 5.89. The molecule has 0 bridgehead atoms. The first-order valence-corrected chi connectivity index (χ1v) is 13.4. The third-order valence-electron chi connectivity index (χ3n) is 7.50. The second-order valence-corrected chi connectivity index (χ2v) is 10.4. The van der Waals surface area contributed by atoms with Crippen molar-refractivity contribution in [3.05, 3.63) is 108 Å². The Bertz CT molecular complexity index is 1340. The molecule has 0 saturated carbocycles. The Kier molecular flexibility index (Phi) is 8.31. The maximum absolute atomic E-state index is 13.3. The number of benzene rings is 3. The summed E-state index contributed by atoms with van der Waals surface area (Å²) in [6, 6.07) is 26.7. The Balaban J connectivity index is 1.34. The van der Waals surface area contributed by atoms with Crippen LogP contribution in [0, 0.1) is 11.8 Å². The summed E-state index contributed by atoms with van der Waals surface area (Å²) in [5, 5.41) is 3.06. The lowest BCUT2D eigenvalue weighted by molar-refractivity contribution is -0.0288. The van der Waals surface area contributed by atoms with Crippen molar-refractivity contribution >= 4 is 11.7 Å². The maximum atomic E-state index is 13.3. The van der Waals surface area contributed by atoms with Crippen LogP contribution in [0.15, 0.2) is 91.0 Å². The van der Waals surface area contributed by atoms with Crippen LogP contribution in [0.1, 0.15) is 22.6 Å². The summed E-state index contributed by atoms with van der Waals surface area (Å²) >= 11 is 0. The lowest BCUT2D eigenvalue weighted by Gasteiger charge is -2.57. The molecule has 0 radical (unpaired) electrons. The van der Waals surface area contributed by atoms with Crippen LogP contribution in [0.4, 0.5) is 10.5 Å². The van der Waals surface area contributed by atoms with Gasteiger partial charge in [0.1, 0.15) is 5.75 Å². The minimum atomic E-state index is -0.0898. The fraction of sp³-hybridized carbons (Fsp3) is 0.303. The number of ether oxygens (including phenoxy) is 1. The average Bonchev–Trinajstić information content (AvgIpc) is 2.94. The fourth-order valence-electron chi connectivity index (χ4n) is 5.54. The van der Waals surface area contributed by atoms with E-state index in [1.165, 1.54) is 5.56 Å². The van der Waals surface area contributed by atoms with E-state index in [1.807, 2.05) is 59.5 Å². The van der Waals surface area contributed by atoms with E-state index in [0.717, 1.165) is 35.7 Å². The minimum Gasteiger partial charge on any atom is -0.497 e. The molecule has 1 fully saturated rings. The number of nitrogens with one attached hydrogen (secondary N) is 1. The van der Waals surface area contributed by atoms with Gasteiger partial charge in [0.05, 0.1) is 7.11 Å². The van der Waals surface area contributed by atoms with E-state index in [-0.39, 0.29) is 12.1 Å². The summed E-state index contributed by atoms with van der Waals surface area (Å²) in [5.74, 6) is 7.62. The quantitative estimate of drug-likeness (QED) is 0.384. The van der Waals surface area contributed by atoms with Gasteiger partial charge >= 0.3 is 6.03 Å². The van der Waals surface area contributed by atoms with E-state index in [4.69, 9.17) is 4.74 Å². The van der Waals surface area contributed by atoms with Crippen molar-refractivity contribution < 1.29 is 9.53 Å². The second-order valence-electron chi connectivity index (χ2n) is 10.4. The Morgan fingerprint density at radius 1 is 0.923 bits per heavy atom. The zero-order chi connectivity index (χ0) is 27.2. The van der Waals surface area contributed by atoms with Crippen molar-refractivity contribution in [2.75, 3.05) is 52.7 Å². The molecule has 0 aliphatic carbocycles. The number of carbonyl (C=O) groups excluding carboxylic acids is 1. The first kappa shape index (κ1) is 26.6. The number of carbonyl (C=O) groups is 1. The van der Waals surface area contributed by atoms with Gasteiger partial charge in [0.25, 0.3) is 0 Å². The van der Waals surface area contributed by atoms with Crippen LogP contribution in [-0.2, 0) is 0 Å². The van der Waals surface area contributed by atoms with Gasteiger partial charge in [-0.25, -0.2) is 4.79 Å². The van der Waals surface area contributed by atoms with Gasteiger partial charge in [-0.15, -0.1) is 0 Å². The molecule has 3 aromatic rings. The Labute approximate surface area is 231 Å². The number of nitrogens with zero attached hydrogens (tertiary/aromatic N) is 3. The molecule has 0 aromatic heterocycles. The van der Waals surface area contributed by atoms with Gasteiger partial charge < -0.3 is 19.9 Å². The third-order valence-corrected chi connectivity index (χ3v) is 7.50. The number of hydrogen-bond acceptors (Lipinski definition) is 4. The lowest BCUT2D eigenvalue weighted by Crippen LogP contribution is -2.68. The van der Waals surface area contributed by atoms with Crippen molar-refractivity contribution in [1.82, 2.24) is 14.7 Å². The van der Waals surface area contributed by atoms with Gasteiger partial charge in [0.15, 0.2) is 0 Å². The molecule has 0 spiro atoms. The first-order chi connectivity index (χ1) is 19.0. The molecule has 2 heterocycles. The summed E-state index contributed by atoms with van der Waals surface area (Å²) in [6.07, 6.45) is 4.30. The first-order valence-electron chi connectivity index (χ1n) is 13.4. The standard InChI is InChI=1S/C33H36N4O2/c1-35(2)23-30-32(27-15-13-26(14-16-27)12-11-25-9-5-4-6-10-25)31-24-36(21-7-8-22-37(30)31)33(38)34-28-17-19-29(39-3)20-18-28/h4-10,13-20,30-32H,21-24H2,1-3H3,(H,34,38)/t30-,31+,32+/m1/s1. The van der Waals surface area contributed by atoms with Crippen LogP contribution in [0.25, 0.3) is 0 Å². The number of anilines is 1. The highest BCUT2D eigenvalue weighted by atomic mass is 16.5. The molecule has 3 aromatic carbocycles. The third kappa shape index (κ3) is 6.34. The average molecular weight is 521 g/mol. The number of rotatable bonds is 5. The molecule has 39 heavy (non-hydrogen) atoms. The highest BCUT2D eigenvalue weighted by Gasteiger charge is 2.49. The topological polar surface area (TPSA) is 48.1 Å². The molecular formula is C33H36N4O2. The van der Waals surface area contributed by atoms with E-state index in [2.05, 4.69) is 77.5 Å². The Morgan fingerprint density at radius 3 is 2.26 bits per heavy atom. The summed E-state index contributed by atoms with van der Waals surface area (Å²) in [4.78, 5) is 20.0. The summed E-state index contributed by atoms with van der Waals surface area (Å²) in [5.41, 5.74) is 4.07. The number of hydrogen-bond donors (Lipinski definition) is 1. The van der Waals surface area contributed by atoms with Crippen LogP contribution in [0.2, 0.25) is 0 Å². The smallest absolute Gasteiger partial charge is 0.322 e. The zero-order valence-electron chi connectivity index (χ0n) is 22.9. The SMILES string of the molecule is COc1ccc(NC(=O)N2CC=CCN3[C@H](CN(C)C)[C@H](c4ccc(C#Cc5ccccc5)cc4)[C@@H]3C2)cc1. The van der Waals surface area contributed by atoms with Crippen molar-refractivity contribution in [2.45, 2.75) is 18.0 Å². The van der Waals surface area contributed by atoms with E-state index >= 15 is 0 Å². The molecule has 6 heteroatoms. The normalized spacial score (nSPS) is 20.6. The molecule has 200 valence electrons. The van der Waals surface area contributed by atoms with Gasteiger partial charge in [-0.3, -0.25) is 4.90 Å². The van der Waals surface area contributed by atoms with Gasteiger partial charge in [0, 0.05) is 61.0 Å². The lowest BCUT2D eigenvalue weighted by atomic mass is 9.74. The molecule has 1 N–H and O–H groups in total. The van der Waals surface area contributed by atoms with Crippen LogP contribution in [0.5, 0.6) is 5.75 Å². The van der Waals surface area contributed by atoms with Crippen molar-refractivity contribution in [3.63, 3.8) is 0 Å². The van der Waals surface area contributed by atoms with Crippen LogP contribution >= 0.6 is 0 Å². The van der Waals surface area contributed by atoms with Gasteiger partial charge in [-0.1, -0.05) is 54.3 Å². The number of fused-ring (bicyclic) bond motifs is 1. The number of urea groups is 1. The van der Waals surface area contributed by atoms with E-state index < -0.39 is 0 Å². The van der Waals surface area contributed by atoms with Crippen LogP contribution in [-0.4, -0.2) is 80.2 Å². The molecule has 5 rings (SSSR count). The molecule has 2 aliphatic rings. The molecular weight excluding hydrogens is 484 g/mol. The molecule has 6 nitrogen and oxygen atoms in total. The Hall–Kier alpha value is -4.05. The van der Waals surface area contributed by atoms with Crippen molar-refractivity contribution in [1.29, 1.82) is 0 Å². The van der Waals surface area contributed by atoms with E-state index in [1.54, 1.807) is 7.11 Å². The van der Waals surface area contributed by atoms with Gasteiger partial charge in [0.2, 0.25) is 0 Å². The highest BCUT2D eigenvalue weighted by Crippen LogP contribution is 2.42. The molecule has 0 unspecified atom stereocenters. The van der Waals surface area contributed by atoms with Crippen molar-refractivity contribution in [2.24, 2.45) is 0 Å². The minimum absolute atomic E-state index is 0.0898. The predicted molar refractivity (Wildman–Crippen MR) is 157 cm³/mol. The second kappa shape index (κ2) is 12.2. The van der Waals surface area contributed by atoms with Crippen LogP contribution in [0.3, 0.4) is 0 Å². The monoisotopic (exact) mass is 520 g/mol. The molecule has 2 aliphatic heterocycles. The van der Waals surface area contributed by atoms with E-state index in [9.17, 15) is 4.79 Å². The van der Waals surface area contributed by atoms with Crippen molar-refractivity contribution in [3.8, 4) is 17.6 Å². The maximum Gasteiger partial charge on any atom is 0.322 e. The number of methoxy groups -OCH3 is 1. The summed E-state index contributed by atoms with van der Waals surface area (Å²) in [6.45, 7) is 3.11. The van der Waals surface area contributed by atoms with Crippen LogP contribution < -0.4 is 10.1 Å². The number of likely N-dealkylation sites (N-methyl/N-ethyl adjacent to an activating group) is 1. The Morgan fingerprint density at radius 2 is 1.59 bits per heavy atom. The molecule has 3 atom stereocenters. The largest absolute Gasteiger partial charge is 0.497 e. The summed E-state index contributed by atoms with van der Waals surface area (Å²) < 4.78 is 5.24. The molecule has 1 saturated heterocycles. The fourth-order valence-corrected chi connectivity index (χ4v) is 5.54. The van der Waals surface area contributed by atoms with E-state index in [0.29, 0.717) is 25.0 Å². The zero-order valence-corrected chi connectivity index (χ0v) is 22.9. The van der Waals surface area contributed by atoms with Gasteiger partial charge in [-0.05, 0) is 68.2 Å².